The van der Waals surface area contributed by atoms with Crippen LogP contribution in [0.4, 0.5) is 0 Å². The Labute approximate surface area is 164 Å². The molecular formula is C23H20NO3P. The van der Waals surface area contributed by atoms with E-state index < -0.39 is 12.9 Å². The molecule has 1 aliphatic heterocycles. The van der Waals surface area contributed by atoms with E-state index in [2.05, 4.69) is 0 Å². The zero-order valence-corrected chi connectivity index (χ0v) is 16.1. The molecule has 0 spiro atoms. The largest absolute Gasteiger partial charge is 0.477 e. The third-order valence-electron chi connectivity index (χ3n) is 5.05. The number of hydrogen-bond donors (Lipinski definition) is 1. The third-order valence-corrected chi connectivity index (χ3v) is 9.33. The standard InChI is InChI=1S/C23H20NO3P/c25-21-16-17-24(21)22(23(26)27)28(18-10-4-1-5-11-18,19-12-6-2-7-13-19)20-14-8-3-9-15-20/h1-15H,16-17H2,(H,26,27). The fourth-order valence-electron chi connectivity index (χ4n) is 3.75. The lowest BCUT2D eigenvalue weighted by Crippen LogP contribution is -2.53. The Hall–Kier alpha value is -3.10. The first kappa shape index (κ1) is 18.3. The number of carbonyl (C=O) groups is 2. The van der Waals surface area contributed by atoms with Gasteiger partial charge in [0.2, 0.25) is 5.91 Å². The Kier molecular flexibility index (Phi) is 4.89. The first-order valence-corrected chi connectivity index (χ1v) is 10.9. The molecule has 3 aromatic rings. The van der Waals surface area contributed by atoms with Gasteiger partial charge in [0.05, 0.1) is 0 Å². The molecule has 4 rings (SSSR count). The second-order valence-electron chi connectivity index (χ2n) is 6.60. The molecule has 28 heavy (non-hydrogen) atoms. The molecule has 0 saturated carbocycles. The van der Waals surface area contributed by atoms with Gasteiger partial charge in [-0.05, 0) is 15.9 Å². The van der Waals surface area contributed by atoms with Crippen molar-refractivity contribution in [1.29, 1.82) is 0 Å². The van der Waals surface area contributed by atoms with Gasteiger partial charge in [-0.15, -0.1) is 0 Å². The molecule has 1 fully saturated rings. The van der Waals surface area contributed by atoms with Gasteiger partial charge in [0.25, 0.3) is 0 Å². The minimum Gasteiger partial charge on any atom is -0.477 e. The van der Waals surface area contributed by atoms with E-state index in [1.165, 1.54) is 4.90 Å². The summed E-state index contributed by atoms with van der Waals surface area (Å²) >= 11 is 0. The van der Waals surface area contributed by atoms with Crippen molar-refractivity contribution in [1.82, 2.24) is 4.90 Å². The Balaban J connectivity index is 2.24. The lowest BCUT2D eigenvalue weighted by molar-refractivity contribution is -0.138. The average Bonchev–Trinajstić information content (AvgIpc) is 2.74. The van der Waals surface area contributed by atoms with E-state index >= 15 is 0 Å². The maximum atomic E-state index is 12.6. The van der Waals surface area contributed by atoms with Gasteiger partial charge in [0, 0.05) is 19.9 Å². The van der Waals surface area contributed by atoms with E-state index in [1.54, 1.807) is 0 Å². The quantitative estimate of drug-likeness (QED) is 0.539. The third kappa shape index (κ3) is 2.87. The van der Waals surface area contributed by atoms with Crippen LogP contribution in [0.2, 0.25) is 0 Å². The van der Waals surface area contributed by atoms with Crippen LogP contribution in [0.3, 0.4) is 0 Å². The summed E-state index contributed by atoms with van der Waals surface area (Å²) in [5.41, 5.74) is 0.187. The Morgan fingerprint density at radius 2 is 1.14 bits per heavy atom. The molecule has 1 heterocycles. The molecule has 1 amide bonds. The molecule has 5 heteroatoms. The van der Waals surface area contributed by atoms with Crippen molar-refractivity contribution in [2.45, 2.75) is 6.42 Å². The van der Waals surface area contributed by atoms with Crippen molar-refractivity contribution in [3.63, 3.8) is 0 Å². The van der Waals surface area contributed by atoms with E-state index in [4.69, 9.17) is 0 Å². The lowest BCUT2D eigenvalue weighted by atomic mass is 10.2. The Morgan fingerprint density at radius 1 is 0.750 bits per heavy atom. The molecule has 0 atom stereocenters. The van der Waals surface area contributed by atoms with Gasteiger partial charge >= 0.3 is 5.97 Å². The molecule has 1 N–H and O–H groups in total. The number of carboxylic acids is 1. The number of β-lactam (4-membered cyclic amide) rings is 1. The molecule has 0 aromatic heterocycles. The second-order valence-corrected chi connectivity index (χ2v) is 9.92. The second kappa shape index (κ2) is 7.49. The summed E-state index contributed by atoms with van der Waals surface area (Å²) in [6.45, 7) is -2.32. The fourth-order valence-corrected chi connectivity index (χ4v) is 8.09. The SMILES string of the molecule is O=C(O)C(N1CCC1=O)=P(c1ccccc1)(c1ccccc1)c1ccccc1. The summed E-state index contributed by atoms with van der Waals surface area (Å²) in [5.74, 6) is -1.18. The van der Waals surface area contributed by atoms with E-state index in [9.17, 15) is 14.7 Å². The zero-order chi connectivity index (χ0) is 19.6. The highest BCUT2D eigenvalue weighted by molar-refractivity contribution is 7.96. The van der Waals surface area contributed by atoms with Crippen LogP contribution in [0.1, 0.15) is 6.42 Å². The molecule has 1 saturated heterocycles. The van der Waals surface area contributed by atoms with Crippen LogP contribution in [0.5, 0.6) is 0 Å². The minimum absolute atomic E-state index is 0.135. The molecule has 0 unspecified atom stereocenters. The number of hydrogen-bond acceptors (Lipinski definition) is 2. The van der Waals surface area contributed by atoms with Crippen LogP contribution < -0.4 is 15.9 Å². The predicted octanol–water partition coefficient (Wildman–Crippen LogP) is 2.43. The van der Waals surface area contributed by atoms with Gasteiger partial charge in [-0.2, -0.15) is 0 Å². The Bertz CT molecular complexity index is 959. The van der Waals surface area contributed by atoms with Gasteiger partial charge in [0.15, 0.2) is 0 Å². The molecule has 0 radical (unpaired) electrons. The monoisotopic (exact) mass is 389 g/mol. The molecule has 3 aromatic carbocycles. The molecule has 140 valence electrons. The first-order valence-electron chi connectivity index (χ1n) is 9.13. The number of carboxylic acid groups (broad SMARTS) is 1. The number of benzene rings is 3. The molecule has 4 nitrogen and oxygen atoms in total. The number of nitrogens with zero attached hydrogens (tertiary/aromatic N) is 1. The number of aliphatic carboxylic acids is 1. The summed E-state index contributed by atoms with van der Waals surface area (Å²) in [7, 11) is 0. The highest BCUT2D eigenvalue weighted by Crippen LogP contribution is 2.47. The molecular weight excluding hydrogens is 369 g/mol. The number of likely N-dealkylation sites (tertiary alicyclic amines) is 1. The van der Waals surface area contributed by atoms with E-state index in [0.717, 1.165) is 15.9 Å². The topological polar surface area (TPSA) is 57.6 Å². The Morgan fingerprint density at radius 3 is 1.39 bits per heavy atom. The van der Waals surface area contributed by atoms with Crippen LogP contribution in [0, 0.1) is 0 Å². The average molecular weight is 389 g/mol. The summed E-state index contributed by atoms with van der Waals surface area (Å²) in [6.07, 6.45) is 0.384. The van der Waals surface area contributed by atoms with Crippen LogP contribution in [0.25, 0.3) is 0 Å². The molecule has 0 bridgehead atoms. The summed E-state index contributed by atoms with van der Waals surface area (Å²) in [4.78, 5) is 26.5. The summed E-state index contributed by atoms with van der Waals surface area (Å²) in [5, 5.41) is 13.1. The highest BCUT2D eigenvalue weighted by Gasteiger charge is 2.41. The van der Waals surface area contributed by atoms with Crippen LogP contribution >= 0.6 is 6.89 Å². The van der Waals surface area contributed by atoms with Crippen molar-refractivity contribution in [3.05, 3.63) is 91.0 Å². The first-order chi connectivity index (χ1) is 13.7. The van der Waals surface area contributed by atoms with E-state index in [0.29, 0.717) is 13.0 Å². The van der Waals surface area contributed by atoms with Crippen molar-refractivity contribution in [2.75, 3.05) is 6.54 Å². The predicted molar refractivity (Wildman–Crippen MR) is 114 cm³/mol. The zero-order valence-electron chi connectivity index (χ0n) is 15.2. The van der Waals surface area contributed by atoms with Crippen molar-refractivity contribution in [3.8, 4) is 0 Å². The smallest absolute Gasteiger partial charge is 0.353 e. The van der Waals surface area contributed by atoms with Crippen LogP contribution in [-0.4, -0.2) is 33.8 Å². The van der Waals surface area contributed by atoms with Crippen molar-refractivity contribution in [2.24, 2.45) is 0 Å². The van der Waals surface area contributed by atoms with Crippen molar-refractivity contribution < 1.29 is 14.7 Å². The van der Waals surface area contributed by atoms with Crippen molar-refractivity contribution >= 4 is 40.1 Å². The molecule has 0 aliphatic carbocycles. The van der Waals surface area contributed by atoms with E-state index in [-0.39, 0.29) is 11.3 Å². The van der Waals surface area contributed by atoms with Gasteiger partial charge < -0.3 is 10.0 Å². The highest BCUT2D eigenvalue weighted by atomic mass is 31.2. The number of amides is 1. The summed E-state index contributed by atoms with van der Waals surface area (Å²) < 4.78 is 0. The summed E-state index contributed by atoms with van der Waals surface area (Å²) in [6, 6.07) is 29.1. The van der Waals surface area contributed by atoms with Crippen LogP contribution in [0.15, 0.2) is 91.0 Å². The fraction of sp³-hybridized carbons (Fsp3) is 0.0870. The number of carbonyl (C=O) groups excluding carboxylic acids is 1. The number of rotatable bonds is 5. The van der Waals surface area contributed by atoms with Gasteiger partial charge in [-0.25, -0.2) is 4.79 Å². The maximum absolute atomic E-state index is 12.6. The van der Waals surface area contributed by atoms with E-state index in [1.807, 2.05) is 91.0 Å². The minimum atomic E-state index is -2.76. The molecule has 1 aliphatic rings. The normalized spacial score (nSPS) is 13.7. The van der Waals surface area contributed by atoms with Crippen LogP contribution in [-0.2, 0) is 9.59 Å². The lowest BCUT2D eigenvalue weighted by Gasteiger charge is -2.39. The van der Waals surface area contributed by atoms with Gasteiger partial charge in [-0.3, -0.25) is 4.79 Å². The maximum Gasteiger partial charge on any atom is 0.353 e. The van der Waals surface area contributed by atoms with Gasteiger partial charge in [-0.1, -0.05) is 91.0 Å². The van der Waals surface area contributed by atoms with Gasteiger partial charge in [0.1, 0.15) is 5.42 Å².